The summed E-state index contributed by atoms with van der Waals surface area (Å²) >= 11 is 6.29. The summed E-state index contributed by atoms with van der Waals surface area (Å²) in [5.74, 6) is 0.507. The fourth-order valence-corrected chi connectivity index (χ4v) is 2.67. The molecule has 1 fully saturated rings. The highest BCUT2D eigenvalue weighted by Crippen LogP contribution is 2.37. The van der Waals surface area contributed by atoms with Crippen LogP contribution in [0.15, 0.2) is 12.1 Å². The Balaban J connectivity index is 2.04. The lowest BCUT2D eigenvalue weighted by Crippen LogP contribution is -2.33. The van der Waals surface area contributed by atoms with E-state index in [0.717, 1.165) is 32.1 Å². The molecule has 1 aromatic rings. The number of nitrogens with one attached hydrogen (secondary N) is 1. The van der Waals surface area contributed by atoms with E-state index in [1.165, 1.54) is 0 Å². The number of hydrogen-bond donors (Lipinski definition) is 1. The Labute approximate surface area is 153 Å². The van der Waals surface area contributed by atoms with Gasteiger partial charge in [-0.1, -0.05) is 24.9 Å². The maximum atomic E-state index is 12.3. The van der Waals surface area contributed by atoms with Gasteiger partial charge in [-0.15, -0.1) is 0 Å². The molecule has 1 N–H and O–H groups in total. The number of ether oxygens (including phenoxy) is 3. The molecule has 0 spiro atoms. The Morgan fingerprint density at radius 2 is 2.16 bits per heavy atom. The van der Waals surface area contributed by atoms with Gasteiger partial charge in [0.1, 0.15) is 0 Å². The van der Waals surface area contributed by atoms with Crippen molar-refractivity contribution in [1.82, 2.24) is 5.48 Å². The number of unbranched alkanes of at least 4 members (excludes halogenated alkanes) is 1. The topological polar surface area (TPSA) is 66.0 Å². The first kappa shape index (κ1) is 19.8. The van der Waals surface area contributed by atoms with E-state index in [4.69, 9.17) is 30.6 Å². The molecule has 2 rings (SSSR count). The number of hydroxylamine groups is 1. The first-order valence-corrected chi connectivity index (χ1v) is 9.20. The van der Waals surface area contributed by atoms with Crippen LogP contribution in [0, 0.1) is 0 Å². The van der Waals surface area contributed by atoms with Gasteiger partial charge in [0, 0.05) is 18.6 Å². The summed E-state index contributed by atoms with van der Waals surface area (Å²) in [5, 5.41) is 0.334. The number of benzene rings is 1. The minimum atomic E-state index is -0.406. The molecule has 0 aromatic heterocycles. The highest BCUT2D eigenvalue weighted by Gasteiger charge is 2.19. The summed E-state index contributed by atoms with van der Waals surface area (Å²) in [5.41, 5.74) is 2.76. The second kappa shape index (κ2) is 10.5. The Bertz CT molecular complexity index is 561. The van der Waals surface area contributed by atoms with Gasteiger partial charge < -0.3 is 14.2 Å². The van der Waals surface area contributed by atoms with Gasteiger partial charge >= 0.3 is 0 Å². The van der Waals surface area contributed by atoms with Gasteiger partial charge in [0.05, 0.1) is 18.2 Å². The molecule has 1 aliphatic heterocycles. The van der Waals surface area contributed by atoms with Gasteiger partial charge in [0.2, 0.25) is 0 Å². The SMILES string of the molecule is CCCCOc1c(Cl)cc(C(=O)NOC2CCCCO2)cc1OCC. The molecule has 25 heavy (non-hydrogen) atoms. The Morgan fingerprint density at radius 1 is 1.32 bits per heavy atom. The van der Waals surface area contributed by atoms with E-state index in [-0.39, 0.29) is 0 Å². The first-order chi connectivity index (χ1) is 12.2. The van der Waals surface area contributed by atoms with Crippen LogP contribution in [-0.4, -0.2) is 32.0 Å². The van der Waals surface area contributed by atoms with Crippen LogP contribution in [0.1, 0.15) is 56.3 Å². The highest BCUT2D eigenvalue weighted by atomic mass is 35.5. The van der Waals surface area contributed by atoms with E-state index in [1.807, 2.05) is 6.92 Å². The Kier molecular flexibility index (Phi) is 8.31. The van der Waals surface area contributed by atoms with E-state index in [0.29, 0.717) is 41.9 Å². The number of carbonyl (C=O) groups is 1. The molecule has 0 bridgehead atoms. The normalized spacial score (nSPS) is 17.2. The van der Waals surface area contributed by atoms with Crippen LogP contribution in [0.4, 0.5) is 0 Å². The lowest BCUT2D eigenvalue weighted by atomic mass is 10.2. The summed E-state index contributed by atoms with van der Waals surface area (Å²) in [6.07, 6.45) is 4.32. The van der Waals surface area contributed by atoms with Crippen LogP contribution in [0.25, 0.3) is 0 Å². The van der Waals surface area contributed by atoms with Crippen molar-refractivity contribution in [2.24, 2.45) is 0 Å². The third-order valence-electron chi connectivity index (χ3n) is 3.74. The van der Waals surface area contributed by atoms with Crippen LogP contribution in [0.5, 0.6) is 11.5 Å². The quantitative estimate of drug-likeness (QED) is 0.522. The Hall–Kier alpha value is -1.50. The van der Waals surface area contributed by atoms with E-state index < -0.39 is 12.2 Å². The summed E-state index contributed by atoms with van der Waals surface area (Å²) in [6, 6.07) is 3.16. The lowest BCUT2D eigenvalue weighted by molar-refractivity contribution is -0.186. The van der Waals surface area contributed by atoms with Crippen LogP contribution in [0.3, 0.4) is 0 Å². The maximum absolute atomic E-state index is 12.3. The van der Waals surface area contributed by atoms with Gasteiger partial charge in [-0.2, -0.15) is 0 Å². The summed E-state index contributed by atoms with van der Waals surface area (Å²) < 4.78 is 16.7. The number of halogens is 1. The van der Waals surface area contributed by atoms with Crippen molar-refractivity contribution < 1.29 is 23.8 Å². The molecular weight excluding hydrogens is 346 g/mol. The van der Waals surface area contributed by atoms with Crippen LogP contribution < -0.4 is 15.0 Å². The van der Waals surface area contributed by atoms with E-state index in [9.17, 15) is 4.79 Å². The van der Waals surface area contributed by atoms with E-state index in [2.05, 4.69) is 12.4 Å². The zero-order valence-electron chi connectivity index (χ0n) is 14.8. The second-order valence-electron chi connectivity index (χ2n) is 5.77. The summed E-state index contributed by atoms with van der Waals surface area (Å²) in [4.78, 5) is 17.6. The molecule has 1 unspecified atom stereocenters. The van der Waals surface area contributed by atoms with Gasteiger partial charge in [-0.05, 0) is 38.3 Å². The summed E-state index contributed by atoms with van der Waals surface area (Å²) in [7, 11) is 0. The Morgan fingerprint density at radius 3 is 2.84 bits per heavy atom. The molecule has 1 aliphatic rings. The number of rotatable bonds is 9. The zero-order chi connectivity index (χ0) is 18.1. The molecular formula is C18H26ClNO5. The first-order valence-electron chi connectivity index (χ1n) is 8.82. The van der Waals surface area contributed by atoms with Crippen LogP contribution >= 0.6 is 11.6 Å². The van der Waals surface area contributed by atoms with E-state index in [1.54, 1.807) is 12.1 Å². The molecule has 0 aliphatic carbocycles. The van der Waals surface area contributed by atoms with Gasteiger partial charge in [-0.3, -0.25) is 4.79 Å². The van der Waals surface area contributed by atoms with Crippen molar-refractivity contribution in [3.05, 3.63) is 22.7 Å². The molecule has 1 atom stereocenters. The third kappa shape index (κ3) is 6.06. The minimum absolute atomic E-state index is 0.334. The van der Waals surface area contributed by atoms with Crippen molar-refractivity contribution in [2.45, 2.75) is 52.2 Å². The fraction of sp³-hybridized carbons (Fsp3) is 0.611. The predicted molar refractivity (Wildman–Crippen MR) is 95.2 cm³/mol. The smallest absolute Gasteiger partial charge is 0.275 e. The van der Waals surface area contributed by atoms with Crippen molar-refractivity contribution in [2.75, 3.05) is 19.8 Å². The zero-order valence-corrected chi connectivity index (χ0v) is 15.6. The monoisotopic (exact) mass is 371 g/mol. The average Bonchev–Trinajstić information content (AvgIpc) is 2.62. The largest absolute Gasteiger partial charge is 0.490 e. The standard InChI is InChI=1S/C18H26ClNO5/c1-3-5-9-24-17-14(19)11-13(12-15(17)22-4-2)18(21)20-25-16-8-6-7-10-23-16/h11-12,16H,3-10H2,1-2H3,(H,20,21). The number of amides is 1. The van der Waals surface area contributed by atoms with Gasteiger partial charge in [0.25, 0.3) is 5.91 Å². The van der Waals surface area contributed by atoms with Crippen molar-refractivity contribution in [3.8, 4) is 11.5 Å². The highest BCUT2D eigenvalue weighted by molar-refractivity contribution is 6.32. The molecule has 7 heteroatoms. The van der Waals surface area contributed by atoms with Crippen LogP contribution in [-0.2, 0) is 9.57 Å². The molecule has 1 amide bonds. The molecule has 1 saturated heterocycles. The third-order valence-corrected chi connectivity index (χ3v) is 4.02. The van der Waals surface area contributed by atoms with Crippen molar-refractivity contribution in [3.63, 3.8) is 0 Å². The molecule has 6 nitrogen and oxygen atoms in total. The van der Waals surface area contributed by atoms with Crippen LogP contribution in [0.2, 0.25) is 5.02 Å². The fourth-order valence-electron chi connectivity index (χ4n) is 2.40. The van der Waals surface area contributed by atoms with Crippen molar-refractivity contribution in [1.29, 1.82) is 0 Å². The van der Waals surface area contributed by atoms with E-state index >= 15 is 0 Å². The minimum Gasteiger partial charge on any atom is -0.490 e. The molecule has 1 aromatic carbocycles. The van der Waals surface area contributed by atoms with Gasteiger partial charge in [0.15, 0.2) is 17.8 Å². The van der Waals surface area contributed by atoms with Crippen molar-refractivity contribution >= 4 is 17.5 Å². The lowest BCUT2D eigenvalue weighted by Gasteiger charge is -2.22. The maximum Gasteiger partial charge on any atom is 0.275 e. The molecule has 1 heterocycles. The van der Waals surface area contributed by atoms with Gasteiger partial charge in [-0.25, -0.2) is 10.3 Å². The second-order valence-corrected chi connectivity index (χ2v) is 6.17. The molecule has 0 saturated carbocycles. The number of carbonyl (C=O) groups excluding carboxylic acids is 1. The predicted octanol–water partition coefficient (Wildman–Crippen LogP) is 4.11. The molecule has 0 radical (unpaired) electrons. The summed E-state index contributed by atoms with van der Waals surface area (Å²) in [6.45, 7) is 5.57. The number of hydrogen-bond acceptors (Lipinski definition) is 5. The molecule has 140 valence electrons. The average molecular weight is 372 g/mol.